The minimum atomic E-state index is -0.900. The summed E-state index contributed by atoms with van der Waals surface area (Å²) < 4.78 is 5.01. The average molecular weight is 375 g/mol. The van der Waals surface area contributed by atoms with E-state index in [0.717, 1.165) is 18.4 Å². The smallest absolute Gasteiger partial charge is 0.407 e. The first kappa shape index (κ1) is 20.4. The van der Waals surface area contributed by atoms with E-state index in [0.29, 0.717) is 12.8 Å². The molecule has 0 aliphatic heterocycles. The molecule has 27 heavy (non-hydrogen) atoms. The van der Waals surface area contributed by atoms with E-state index in [4.69, 9.17) is 4.74 Å². The van der Waals surface area contributed by atoms with E-state index in [1.807, 2.05) is 37.3 Å². The number of rotatable bonds is 10. The highest BCUT2D eigenvalue weighted by atomic mass is 16.5. The molecule has 8 nitrogen and oxygen atoms in total. The zero-order valence-corrected chi connectivity index (χ0v) is 15.3. The van der Waals surface area contributed by atoms with Crippen molar-refractivity contribution in [2.75, 3.05) is 6.54 Å². The molecule has 146 valence electrons. The van der Waals surface area contributed by atoms with Crippen LogP contribution in [0.1, 0.15) is 38.2 Å². The van der Waals surface area contributed by atoms with E-state index in [1.165, 1.54) is 0 Å². The standard InChI is InChI=1S/C19H25N3O5/c1-2-6-15(17(24)18(25)21-14-9-10-14)22-16(23)11-20-19(26)27-12-13-7-4-3-5-8-13/h3-5,7-8,14-15H,2,6,9-12H2,1H3,(H,20,26)(H,21,25)(H,22,23). The van der Waals surface area contributed by atoms with Crippen LogP contribution in [0.3, 0.4) is 0 Å². The first-order valence-corrected chi connectivity index (χ1v) is 9.08. The van der Waals surface area contributed by atoms with Crippen molar-refractivity contribution in [1.29, 1.82) is 0 Å². The number of ketones is 1. The van der Waals surface area contributed by atoms with Gasteiger partial charge in [0.2, 0.25) is 11.7 Å². The molecule has 0 heterocycles. The van der Waals surface area contributed by atoms with Gasteiger partial charge >= 0.3 is 6.09 Å². The number of hydrogen-bond acceptors (Lipinski definition) is 5. The maximum Gasteiger partial charge on any atom is 0.407 e. The van der Waals surface area contributed by atoms with Gasteiger partial charge in [-0.2, -0.15) is 0 Å². The lowest BCUT2D eigenvalue weighted by molar-refractivity contribution is -0.140. The number of benzene rings is 1. The third kappa shape index (κ3) is 7.47. The predicted octanol–water partition coefficient (Wildman–Crippen LogP) is 1.05. The Morgan fingerprint density at radius 2 is 1.85 bits per heavy atom. The summed E-state index contributed by atoms with van der Waals surface area (Å²) in [7, 11) is 0. The maximum atomic E-state index is 12.2. The van der Waals surface area contributed by atoms with Crippen LogP contribution in [0.25, 0.3) is 0 Å². The number of amides is 3. The van der Waals surface area contributed by atoms with Gasteiger partial charge in [0.1, 0.15) is 13.2 Å². The summed E-state index contributed by atoms with van der Waals surface area (Å²) in [6, 6.07) is 8.31. The van der Waals surface area contributed by atoms with Crippen molar-refractivity contribution in [3.05, 3.63) is 35.9 Å². The van der Waals surface area contributed by atoms with Gasteiger partial charge in [-0.3, -0.25) is 14.4 Å². The molecule has 1 fully saturated rings. The third-order valence-electron chi connectivity index (χ3n) is 3.97. The summed E-state index contributed by atoms with van der Waals surface area (Å²) in [4.78, 5) is 47.7. The molecule has 1 unspecified atom stereocenters. The molecule has 1 aliphatic rings. The highest BCUT2D eigenvalue weighted by Crippen LogP contribution is 2.18. The Hall–Kier alpha value is -2.90. The number of alkyl carbamates (subject to hydrolysis) is 1. The summed E-state index contributed by atoms with van der Waals surface area (Å²) in [6.07, 6.45) is 1.98. The van der Waals surface area contributed by atoms with Crippen molar-refractivity contribution in [1.82, 2.24) is 16.0 Å². The molecule has 1 saturated carbocycles. The number of hydrogen-bond donors (Lipinski definition) is 3. The molecule has 1 aromatic carbocycles. The van der Waals surface area contributed by atoms with Crippen molar-refractivity contribution in [3.63, 3.8) is 0 Å². The Labute approximate surface area is 158 Å². The Kier molecular flexibility index (Phi) is 7.79. The predicted molar refractivity (Wildman–Crippen MR) is 97.6 cm³/mol. The van der Waals surface area contributed by atoms with E-state index in [2.05, 4.69) is 16.0 Å². The van der Waals surface area contributed by atoms with Crippen LogP contribution in [0.15, 0.2) is 30.3 Å². The fraction of sp³-hybridized carbons (Fsp3) is 0.474. The summed E-state index contributed by atoms with van der Waals surface area (Å²) in [5.74, 6) is -1.90. The number of carbonyl (C=O) groups excluding carboxylic acids is 4. The lowest BCUT2D eigenvalue weighted by Crippen LogP contribution is -2.50. The van der Waals surface area contributed by atoms with Gasteiger partial charge in [0, 0.05) is 6.04 Å². The second-order valence-corrected chi connectivity index (χ2v) is 6.44. The molecule has 8 heteroatoms. The van der Waals surface area contributed by atoms with E-state index >= 15 is 0 Å². The number of nitrogens with one attached hydrogen (secondary N) is 3. The van der Waals surface area contributed by atoms with Gasteiger partial charge in [-0.05, 0) is 24.8 Å². The van der Waals surface area contributed by atoms with E-state index in [-0.39, 0.29) is 19.2 Å². The van der Waals surface area contributed by atoms with Crippen molar-refractivity contribution in [3.8, 4) is 0 Å². The lowest BCUT2D eigenvalue weighted by Gasteiger charge is -2.17. The van der Waals surface area contributed by atoms with E-state index in [1.54, 1.807) is 0 Å². The molecular formula is C19H25N3O5. The zero-order chi connectivity index (χ0) is 19.6. The molecule has 1 atom stereocenters. The summed E-state index contributed by atoms with van der Waals surface area (Å²) in [5, 5.41) is 7.45. The zero-order valence-electron chi connectivity index (χ0n) is 15.3. The van der Waals surface area contributed by atoms with Crippen LogP contribution in [0, 0.1) is 0 Å². The molecule has 3 amide bonds. The maximum absolute atomic E-state index is 12.2. The van der Waals surface area contributed by atoms with Gasteiger partial charge in [-0.15, -0.1) is 0 Å². The van der Waals surface area contributed by atoms with Gasteiger partial charge in [-0.25, -0.2) is 4.79 Å². The monoisotopic (exact) mass is 375 g/mol. The molecule has 0 saturated heterocycles. The normalized spacial score (nSPS) is 14.0. The molecule has 3 N–H and O–H groups in total. The fourth-order valence-corrected chi connectivity index (χ4v) is 2.37. The Balaban J connectivity index is 1.73. The van der Waals surface area contributed by atoms with E-state index < -0.39 is 29.7 Å². The first-order valence-electron chi connectivity index (χ1n) is 9.08. The summed E-state index contributed by atoms with van der Waals surface area (Å²) >= 11 is 0. The van der Waals surface area contributed by atoms with Crippen LogP contribution < -0.4 is 16.0 Å². The molecule has 1 aliphatic carbocycles. The van der Waals surface area contributed by atoms with Gasteiger partial charge in [-0.1, -0.05) is 43.7 Å². The first-order chi connectivity index (χ1) is 13.0. The van der Waals surface area contributed by atoms with Crippen molar-refractivity contribution in [2.24, 2.45) is 0 Å². The Morgan fingerprint density at radius 3 is 2.48 bits per heavy atom. The van der Waals surface area contributed by atoms with Crippen LogP contribution in [-0.2, 0) is 25.7 Å². The van der Waals surface area contributed by atoms with Crippen LogP contribution in [0.2, 0.25) is 0 Å². The number of Topliss-reactive ketones (excluding diaryl/α,β-unsaturated/α-hetero) is 1. The van der Waals surface area contributed by atoms with Crippen molar-refractivity contribution >= 4 is 23.7 Å². The summed E-state index contributed by atoms with van der Waals surface area (Å²) in [5.41, 5.74) is 0.826. The summed E-state index contributed by atoms with van der Waals surface area (Å²) in [6.45, 7) is 1.60. The molecule has 0 bridgehead atoms. The topological polar surface area (TPSA) is 114 Å². The van der Waals surface area contributed by atoms with Crippen LogP contribution in [-0.4, -0.2) is 42.3 Å². The van der Waals surface area contributed by atoms with Gasteiger partial charge in [0.15, 0.2) is 0 Å². The molecule has 1 aromatic rings. The molecule has 2 rings (SSSR count). The largest absolute Gasteiger partial charge is 0.445 e. The highest BCUT2D eigenvalue weighted by molar-refractivity contribution is 6.38. The van der Waals surface area contributed by atoms with E-state index in [9.17, 15) is 19.2 Å². The molecular weight excluding hydrogens is 350 g/mol. The van der Waals surface area contributed by atoms with Crippen LogP contribution >= 0.6 is 0 Å². The van der Waals surface area contributed by atoms with Crippen molar-refractivity contribution < 1.29 is 23.9 Å². The second kappa shape index (κ2) is 10.3. The van der Waals surface area contributed by atoms with Gasteiger partial charge in [0.05, 0.1) is 6.04 Å². The Morgan fingerprint density at radius 1 is 1.15 bits per heavy atom. The van der Waals surface area contributed by atoms with Crippen LogP contribution in [0.5, 0.6) is 0 Å². The molecule has 0 aromatic heterocycles. The molecule has 0 spiro atoms. The molecule has 0 radical (unpaired) electrons. The van der Waals surface area contributed by atoms with Crippen molar-refractivity contribution in [2.45, 2.75) is 51.3 Å². The quantitative estimate of drug-likeness (QED) is 0.529. The minimum Gasteiger partial charge on any atom is -0.445 e. The third-order valence-corrected chi connectivity index (χ3v) is 3.97. The SMILES string of the molecule is CCCC(NC(=O)CNC(=O)OCc1ccccc1)C(=O)C(=O)NC1CC1. The second-order valence-electron chi connectivity index (χ2n) is 6.44. The minimum absolute atomic E-state index is 0.0699. The lowest BCUT2D eigenvalue weighted by atomic mass is 10.1. The van der Waals surface area contributed by atoms with Crippen LogP contribution in [0.4, 0.5) is 4.79 Å². The highest BCUT2D eigenvalue weighted by Gasteiger charge is 2.31. The Bertz CT molecular complexity index is 673. The van der Waals surface area contributed by atoms with Gasteiger partial charge in [0.25, 0.3) is 5.91 Å². The number of ether oxygens (including phenoxy) is 1. The fourth-order valence-electron chi connectivity index (χ4n) is 2.37. The number of carbonyl (C=O) groups is 4. The average Bonchev–Trinajstić information content (AvgIpc) is 3.48. The van der Waals surface area contributed by atoms with Gasteiger partial charge < -0.3 is 20.7 Å².